The lowest BCUT2D eigenvalue weighted by Gasteiger charge is -2.11. The molecule has 26 heavy (non-hydrogen) atoms. The molecule has 136 valence electrons. The van der Waals surface area contributed by atoms with Gasteiger partial charge in [0.1, 0.15) is 0 Å². The van der Waals surface area contributed by atoms with Gasteiger partial charge in [-0.05, 0) is 31.2 Å². The molecule has 3 aromatic rings. The van der Waals surface area contributed by atoms with E-state index in [1.54, 1.807) is 19.1 Å². The van der Waals surface area contributed by atoms with Crippen LogP contribution in [-0.4, -0.2) is 25.4 Å². The molecule has 1 heterocycles. The molecule has 0 amide bonds. The third-order valence-corrected chi connectivity index (χ3v) is 5.16. The molecule has 0 saturated carbocycles. The summed E-state index contributed by atoms with van der Waals surface area (Å²) < 4.78 is 65.8. The van der Waals surface area contributed by atoms with Crippen LogP contribution in [-0.2, 0) is 10.0 Å². The quantitative estimate of drug-likeness (QED) is 0.669. The summed E-state index contributed by atoms with van der Waals surface area (Å²) in [7, 11) is -4.03. The highest BCUT2D eigenvalue weighted by Crippen LogP contribution is 2.32. The summed E-state index contributed by atoms with van der Waals surface area (Å²) >= 11 is 0. The predicted octanol–water partition coefficient (Wildman–Crippen LogP) is 4.02. The molecule has 0 atom stereocenters. The van der Waals surface area contributed by atoms with Crippen LogP contribution in [0.5, 0.6) is 0 Å². The summed E-state index contributed by atoms with van der Waals surface area (Å²) in [6.45, 7) is 1.79. The van der Waals surface area contributed by atoms with Gasteiger partial charge in [0.15, 0.2) is 0 Å². The number of sulfonamides is 1. The van der Waals surface area contributed by atoms with Crippen LogP contribution in [0.3, 0.4) is 0 Å². The van der Waals surface area contributed by atoms with Gasteiger partial charge in [-0.2, -0.15) is 13.2 Å². The molecule has 1 aromatic heterocycles. The zero-order valence-electron chi connectivity index (χ0n) is 13.4. The van der Waals surface area contributed by atoms with E-state index in [9.17, 15) is 26.4 Å². The minimum atomic E-state index is -5.07. The summed E-state index contributed by atoms with van der Waals surface area (Å²) in [5.41, 5.74) is 0.308. The van der Waals surface area contributed by atoms with Crippen LogP contribution in [0.4, 0.5) is 18.9 Å². The maximum atomic E-state index is 12.8. The zero-order chi connectivity index (χ0) is 19.1. The number of anilines is 1. The van der Waals surface area contributed by atoms with Crippen molar-refractivity contribution in [2.45, 2.75) is 18.0 Å². The number of Topliss-reactive ketones (excluding diaryl/α,β-unsaturated/α-hetero) is 1. The number of halogens is 3. The number of aryl methyl sites for hydroxylation is 1. The van der Waals surface area contributed by atoms with Crippen LogP contribution >= 0.6 is 0 Å². The van der Waals surface area contributed by atoms with Gasteiger partial charge in [0.2, 0.25) is 0 Å². The van der Waals surface area contributed by atoms with Crippen molar-refractivity contribution in [3.8, 4) is 0 Å². The Morgan fingerprint density at radius 2 is 1.73 bits per heavy atom. The van der Waals surface area contributed by atoms with Gasteiger partial charge in [0.25, 0.3) is 15.8 Å². The first-order chi connectivity index (χ1) is 12.1. The van der Waals surface area contributed by atoms with Crippen LogP contribution < -0.4 is 4.72 Å². The Labute approximate surface area is 146 Å². The van der Waals surface area contributed by atoms with E-state index in [1.165, 1.54) is 30.3 Å². The number of carbonyl (C=O) groups excluding carboxylic acids is 1. The number of aromatic nitrogens is 1. The fraction of sp³-hybridized carbons (Fsp3) is 0.118. The van der Waals surface area contributed by atoms with E-state index in [1.807, 2.05) is 0 Å². The van der Waals surface area contributed by atoms with Crippen LogP contribution in [0.25, 0.3) is 10.9 Å². The Hall–Kier alpha value is -2.81. The number of hydrogen-bond donors (Lipinski definition) is 2. The van der Waals surface area contributed by atoms with Gasteiger partial charge in [-0.15, -0.1) is 0 Å². The molecule has 0 unspecified atom stereocenters. The minimum Gasteiger partial charge on any atom is -0.360 e. The molecular weight excluding hydrogens is 369 g/mol. The lowest BCUT2D eigenvalue weighted by Crippen LogP contribution is -2.22. The van der Waals surface area contributed by atoms with Gasteiger partial charge < -0.3 is 4.98 Å². The normalized spacial score (nSPS) is 12.3. The number of H-pyrrole nitrogens is 1. The average Bonchev–Trinajstić information content (AvgIpc) is 2.98. The Balaban J connectivity index is 2.10. The molecule has 0 saturated heterocycles. The summed E-state index contributed by atoms with van der Waals surface area (Å²) in [5.74, 6) is -2.05. The molecule has 0 spiro atoms. The van der Waals surface area contributed by atoms with E-state index >= 15 is 0 Å². The summed E-state index contributed by atoms with van der Waals surface area (Å²) in [6, 6.07) is 10.2. The molecule has 9 heteroatoms. The van der Waals surface area contributed by atoms with Crippen molar-refractivity contribution in [1.82, 2.24) is 4.98 Å². The predicted molar refractivity (Wildman–Crippen MR) is 90.7 cm³/mol. The molecular formula is C17H13F3N2O3S. The van der Waals surface area contributed by atoms with Crippen molar-refractivity contribution >= 4 is 32.4 Å². The first kappa shape index (κ1) is 18.0. The fourth-order valence-electron chi connectivity index (χ4n) is 2.52. The van der Waals surface area contributed by atoms with Gasteiger partial charge in [-0.1, -0.05) is 23.8 Å². The standard InChI is InChI=1S/C17H13F3N2O3S/c1-10-5-7-11(8-6-10)26(24,25)22-14-4-2-3-13-15(14)12(9-21-13)16(23)17(18,19)20/h2-9,21-22H,1H3. The van der Waals surface area contributed by atoms with E-state index in [-0.39, 0.29) is 21.5 Å². The molecule has 0 aliphatic rings. The first-order valence-corrected chi connectivity index (χ1v) is 8.89. The number of nitrogens with one attached hydrogen (secondary N) is 2. The second-order valence-electron chi connectivity index (χ2n) is 5.68. The van der Waals surface area contributed by atoms with Crippen LogP contribution in [0, 0.1) is 6.92 Å². The lowest BCUT2D eigenvalue weighted by atomic mass is 10.1. The van der Waals surface area contributed by atoms with Crippen molar-refractivity contribution < 1.29 is 26.4 Å². The van der Waals surface area contributed by atoms with Crippen LogP contribution in [0.15, 0.2) is 53.6 Å². The Morgan fingerprint density at radius 3 is 2.35 bits per heavy atom. The maximum absolute atomic E-state index is 12.8. The highest BCUT2D eigenvalue weighted by molar-refractivity contribution is 7.92. The monoisotopic (exact) mass is 382 g/mol. The zero-order valence-corrected chi connectivity index (χ0v) is 14.2. The number of carbonyl (C=O) groups is 1. The molecule has 0 fully saturated rings. The topological polar surface area (TPSA) is 79.0 Å². The summed E-state index contributed by atoms with van der Waals surface area (Å²) in [5, 5.41) is -0.134. The second kappa shape index (κ2) is 6.17. The number of aromatic amines is 1. The van der Waals surface area contributed by atoms with E-state index in [0.717, 1.165) is 11.8 Å². The Kier molecular flexibility index (Phi) is 4.27. The van der Waals surface area contributed by atoms with Crippen LogP contribution in [0.2, 0.25) is 0 Å². The number of hydrogen-bond acceptors (Lipinski definition) is 3. The highest BCUT2D eigenvalue weighted by Gasteiger charge is 2.41. The van der Waals surface area contributed by atoms with Gasteiger partial charge in [0, 0.05) is 17.1 Å². The van der Waals surface area contributed by atoms with Crippen molar-refractivity contribution in [2.24, 2.45) is 0 Å². The number of benzene rings is 2. The highest BCUT2D eigenvalue weighted by atomic mass is 32.2. The molecule has 2 N–H and O–H groups in total. The molecule has 0 bridgehead atoms. The van der Waals surface area contributed by atoms with Gasteiger partial charge in [-0.3, -0.25) is 9.52 Å². The summed E-state index contributed by atoms with van der Waals surface area (Å²) in [6.07, 6.45) is -4.15. The van der Waals surface area contributed by atoms with Gasteiger partial charge >= 0.3 is 6.18 Å². The lowest BCUT2D eigenvalue weighted by molar-refractivity contribution is -0.0884. The van der Waals surface area contributed by atoms with E-state index in [4.69, 9.17) is 0 Å². The minimum absolute atomic E-state index is 0.0423. The Morgan fingerprint density at radius 1 is 1.08 bits per heavy atom. The Bertz CT molecular complexity index is 1080. The fourth-order valence-corrected chi connectivity index (χ4v) is 3.59. The van der Waals surface area contributed by atoms with Crippen molar-refractivity contribution in [3.63, 3.8) is 0 Å². The number of rotatable bonds is 4. The molecule has 0 aliphatic heterocycles. The molecule has 5 nitrogen and oxygen atoms in total. The van der Waals surface area contributed by atoms with Gasteiger partial charge in [0.05, 0.1) is 16.1 Å². The van der Waals surface area contributed by atoms with E-state index in [0.29, 0.717) is 0 Å². The maximum Gasteiger partial charge on any atom is 0.454 e. The largest absolute Gasteiger partial charge is 0.454 e. The van der Waals surface area contributed by atoms with E-state index in [2.05, 4.69) is 9.71 Å². The molecule has 2 aromatic carbocycles. The van der Waals surface area contributed by atoms with Crippen LogP contribution in [0.1, 0.15) is 15.9 Å². The second-order valence-corrected chi connectivity index (χ2v) is 7.36. The van der Waals surface area contributed by atoms with Gasteiger partial charge in [-0.25, -0.2) is 8.42 Å². The molecule has 0 aliphatic carbocycles. The number of fused-ring (bicyclic) bond motifs is 1. The first-order valence-electron chi connectivity index (χ1n) is 7.41. The van der Waals surface area contributed by atoms with Crippen molar-refractivity contribution in [3.05, 3.63) is 59.8 Å². The average molecular weight is 382 g/mol. The smallest absolute Gasteiger partial charge is 0.360 e. The third-order valence-electron chi connectivity index (χ3n) is 3.78. The van der Waals surface area contributed by atoms with Crippen molar-refractivity contribution in [1.29, 1.82) is 0 Å². The molecule has 0 radical (unpaired) electrons. The SMILES string of the molecule is Cc1ccc(S(=O)(=O)Nc2cccc3[nH]cc(C(=O)C(F)(F)F)c23)cc1. The van der Waals surface area contributed by atoms with Crippen molar-refractivity contribution in [2.75, 3.05) is 4.72 Å². The summed E-state index contributed by atoms with van der Waals surface area (Å²) in [4.78, 5) is 14.2. The third kappa shape index (κ3) is 3.30. The number of alkyl halides is 3. The van der Waals surface area contributed by atoms with E-state index < -0.39 is 27.5 Å². The molecule has 3 rings (SSSR count). The number of ketones is 1.